The molecule has 6 nitrogen and oxygen atoms in total. The smallest absolute Gasteiger partial charge is 0.305 e. The lowest BCUT2D eigenvalue weighted by Crippen LogP contribution is -2.38. The predicted octanol–water partition coefficient (Wildman–Crippen LogP) is 1.49. The van der Waals surface area contributed by atoms with E-state index < -0.39 is 5.97 Å². The van der Waals surface area contributed by atoms with E-state index in [4.69, 9.17) is 10.8 Å². The summed E-state index contributed by atoms with van der Waals surface area (Å²) in [5.41, 5.74) is 6.04. The first-order valence-electron chi connectivity index (χ1n) is 6.06. The molecule has 106 valence electrons. The van der Waals surface area contributed by atoms with Crippen LogP contribution in [0.5, 0.6) is 0 Å². The van der Waals surface area contributed by atoms with Crippen molar-refractivity contribution in [3.63, 3.8) is 0 Å². The zero-order chi connectivity index (χ0) is 14.6. The lowest BCUT2D eigenvalue weighted by atomic mass is 10.2. The molecular weight excluding hydrogens is 266 g/mol. The van der Waals surface area contributed by atoms with Crippen LogP contribution in [0.4, 0.5) is 0 Å². The number of carboxylic acids is 1. The molecule has 0 spiro atoms. The van der Waals surface area contributed by atoms with Crippen LogP contribution in [0.1, 0.15) is 48.7 Å². The topological polar surface area (TPSA) is 96.5 Å². The molecule has 7 heteroatoms. The molecule has 1 aromatic rings. The number of carboxylic acid groups (broad SMARTS) is 1. The van der Waals surface area contributed by atoms with E-state index in [1.54, 1.807) is 12.3 Å². The highest BCUT2D eigenvalue weighted by atomic mass is 32.1. The van der Waals surface area contributed by atoms with E-state index >= 15 is 0 Å². The van der Waals surface area contributed by atoms with Crippen molar-refractivity contribution in [2.45, 2.75) is 39.3 Å². The fourth-order valence-electron chi connectivity index (χ4n) is 1.55. The lowest BCUT2D eigenvalue weighted by Gasteiger charge is -2.25. The van der Waals surface area contributed by atoms with E-state index in [9.17, 15) is 9.59 Å². The molecule has 1 unspecified atom stereocenters. The van der Waals surface area contributed by atoms with Gasteiger partial charge in [-0.05, 0) is 20.8 Å². The first kappa shape index (κ1) is 15.6. The molecule has 0 aromatic carbocycles. The zero-order valence-corrected chi connectivity index (χ0v) is 12.1. The molecule has 1 heterocycles. The molecule has 3 N–H and O–H groups in total. The summed E-state index contributed by atoms with van der Waals surface area (Å²) in [4.78, 5) is 28.6. The largest absolute Gasteiger partial charge is 0.481 e. The van der Waals surface area contributed by atoms with Crippen LogP contribution in [0, 0.1) is 0 Å². The first-order chi connectivity index (χ1) is 8.82. The minimum absolute atomic E-state index is 0.0752. The van der Waals surface area contributed by atoms with Gasteiger partial charge in [0.15, 0.2) is 0 Å². The number of carbonyl (C=O) groups is 2. The Kier molecular flexibility index (Phi) is 5.44. The normalized spacial score (nSPS) is 12.5. The van der Waals surface area contributed by atoms with Gasteiger partial charge in [-0.15, -0.1) is 11.3 Å². The quantitative estimate of drug-likeness (QED) is 0.825. The van der Waals surface area contributed by atoms with Gasteiger partial charge in [-0.2, -0.15) is 0 Å². The fourth-order valence-corrected chi connectivity index (χ4v) is 2.30. The highest BCUT2D eigenvalue weighted by molar-refractivity contribution is 7.09. The molecule has 1 amide bonds. The average Bonchev–Trinajstić information content (AvgIpc) is 2.77. The number of hydrogen-bond donors (Lipinski definition) is 2. The number of thiazole rings is 1. The maximum atomic E-state index is 12.3. The summed E-state index contributed by atoms with van der Waals surface area (Å²) >= 11 is 1.34. The van der Waals surface area contributed by atoms with Crippen LogP contribution in [0.3, 0.4) is 0 Å². The van der Waals surface area contributed by atoms with E-state index in [2.05, 4.69) is 4.98 Å². The number of nitrogens with zero attached hydrogens (tertiary/aromatic N) is 2. The van der Waals surface area contributed by atoms with Gasteiger partial charge in [0.2, 0.25) is 0 Å². The van der Waals surface area contributed by atoms with E-state index in [1.807, 2.05) is 13.8 Å². The number of carbonyl (C=O) groups excluding carboxylic acids is 1. The summed E-state index contributed by atoms with van der Waals surface area (Å²) in [7, 11) is 0. The number of hydrogen-bond acceptors (Lipinski definition) is 5. The van der Waals surface area contributed by atoms with Crippen LogP contribution < -0.4 is 5.73 Å². The van der Waals surface area contributed by atoms with Crippen LogP contribution in [-0.2, 0) is 4.79 Å². The van der Waals surface area contributed by atoms with Gasteiger partial charge >= 0.3 is 5.97 Å². The summed E-state index contributed by atoms with van der Waals surface area (Å²) in [6.45, 7) is 5.67. The third-order valence-corrected chi connectivity index (χ3v) is 3.63. The van der Waals surface area contributed by atoms with Crippen molar-refractivity contribution in [1.82, 2.24) is 9.88 Å². The Labute approximate surface area is 116 Å². The highest BCUT2D eigenvalue weighted by Crippen LogP contribution is 2.18. The molecule has 1 rings (SSSR count). The molecular formula is C12H19N3O3S. The van der Waals surface area contributed by atoms with Crippen LogP contribution in [-0.4, -0.2) is 39.5 Å². The minimum Gasteiger partial charge on any atom is -0.481 e. The van der Waals surface area contributed by atoms with E-state index in [0.29, 0.717) is 10.7 Å². The van der Waals surface area contributed by atoms with Crippen LogP contribution in [0.25, 0.3) is 0 Å². The molecule has 1 aromatic heterocycles. The lowest BCUT2D eigenvalue weighted by molar-refractivity contribution is -0.137. The second-order valence-corrected chi connectivity index (χ2v) is 5.49. The van der Waals surface area contributed by atoms with Crippen molar-refractivity contribution in [2.24, 2.45) is 5.73 Å². The van der Waals surface area contributed by atoms with Crippen molar-refractivity contribution in [3.8, 4) is 0 Å². The first-order valence-corrected chi connectivity index (χ1v) is 6.94. The van der Waals surface area contributed by atoms with Gasteiger partial charge in [0.05, 0.1) is 12.5 Å². The van der Waals surface area contributed by atoms with Gasteiger partial charge in [-0.1, -0.05) is 0 Å². The molecule has 0 aliphatic rings. The second-order valence-electron chi connectivity index (χ2n) is 4.60. The van der Waals surface area contributed by atoms with E-state index in [-0.39, 0.29) is 31.0 Å². The molecule has 0 aliphatic heterocycles. The predicted molar refractivity (Wildman–Crippen MR) is 73.1 cm³/mol. The molecule has 0 bridgehead atoms. The second kappa shape index (κ2) is 6.63. The molecule has 0 aliphatic carbocycles. The fraction of sp³-hybridized carbons (Fsp3) is 0.583. The van der Waals surface area contributed by atoms with Crippen molar-refractivity contribution in [1.29, 1.82) is 0 Å². The summed E-state index contributed by atoms with van der Waals surface area (Å²) in [5, 5.41) is 11.1. The third kappa shape index (κ3) is 4.29. The summed E-state index contributed by atoms with van der Waals surface area (Å²) in [6, 6.07) is -0.287. The summed E-state index contributed by atoms with van der Waals surface area (Å²) < 4.78 is 0. The molecule has 19 heavy (non-hydrogen) atoms. The summed E-state index contributed by atoms with van der Waals surface area (Å²) in [5.74, 6) is -1.17. The third-order valence-electron chi connectivity index (χ3n) is 2.58. The Morgan fingerprint density at radius 1 is 1.47 bits per heavy atom. The van der Waals surface area contributed by atoms with Gasteiger partial charge in [-0.25, -0.2) is 4.98 Å². The molecule has 0 fully saturated rings. The number of rotatable bonds is 6. The Morgan fingerprint density at radius 3 is 2.53 bits per heavy atom. The Morgan fingerprint density at radius 2 is 2.11 bits per heavy atom. The molecule has 0 radical (unpaired) electrons. The number of nitrogens with two attached hydrogens (primary N) is 1. The van der Waals surface area contributed by atoms with E-state index in [0.717, 1.165) is 0 Å². The monoisotopic (exact) mass is 285 g/mol. The molecule has 0 saturated heterocycles. The van der Waals surface area contributed by atoms with Gasteiger partial charge in [0.25, 0.3) is 5.91 Å². The van der Waals surface area contributed by atoms with Gasteiger partial charge in [-0.3, -0.25) is 9.59 Å². The van der Waals surface area contributed by atoms with Gasteiger partial charge in [0.1, 0.15) is 10.7 Å². The Hall–Kier alpha value is -1.47. The SMILES string of the molecule is CC(N)c1nc(C(=O)N(CCC(=O)O)C(C)C)cs1. The highest BCUT2D eigenvalue weighted by Gasteiger charge is 2.22. The van der Waals surface area contributed by atoms with Crippen LogP contribution in [0.2, 0.25) is 0 Å². The maximum absolute atomic E-state index is 12.3. The van der Waals surface area contributed by atoms with Gasteiger partial charge in [0, 0.05) is 18.0 Å². The van der Waals surface area contributed by atoms with Crippen LogP contribution >= 0.6 is 11.3 Å². The summed E-state index contributed by atoms with van der Waals surface area (Å²) in [6.07, 6.45) is -0.0752. The van der Waals surface area contributed by atoms with Crippen molar-refractivity contribution < 1.29 is 14.7 Å². The zero-order valence-electron chi connectivity index (χ0n) is 11.3. The number of aromatic nitrogens is 1. The van der Waals surface area contributed by atoms with Crippen molar-refractivity contribution in [2.75, 3.05) is 6.54 Å². The standard InChI is InChI=1S/C12H19N3O3S/c1-7(2)15(5-4-10(16)17)12(18)9-6-19-11(14-9)8(3)13/h6-8H,4-5,13H2,1-3H3,(H,16,17). The maximum Gasteiger partial charge on any atom is 0.305 e. The van der Waals surface area contributed by atoms with Crippen molar-refractivity contribution in [3.05, 3.63) is 16.1 Å². The number of aliphatic carboxylic acids is 1. The molecule has 0 saturated carbocycles. The van der Waals surface area contributed by atoms with E-state index in [1.165, 1.54) is 16.2 Å². The average molecular weight is 285 g/mol. The molecule has 1 atom stereocenters. The van der Waals surface area contributed by atoms with Crippen molar-refractivity contribution >= 4 is 23.2 Å². The Balaban J connectivity index is 2.83. The minimum atomic E-state index is -0.923. The Bertz CT molecular complexity index is 457. The van der Waals surface area contributed by atoms with Gasteiger partial charge < -0.3 is 15.7 Å². The van der Waals surface area contributed by atoms with Crippen LogP contribution in [0.15, 0.2) is 5.38 Å². The number of amides is 1.